The monoisotopic (exact) mass is 271 g/mol. The second kappa shape index (κ2) is 5.24. The maximum Gasteiger partial charge on any atom is 0.271 e. The van der Waals surface area contributed by atoms with E-state index in [9.17, 15) is 4.79 Å². The van der Waals surface area contributed by atoms with Gasteiger partial charge in [-0.05, 0) is 36.1 Å². The van der Waals surface area contributed by atoms with Gasteiger partial charge < -0.3 is 5.32 Å². The van der Waals surface area contributed by atoms with Gasteiger partial charge in [0, 0.05) is 17.6 Å². The van der Waals surface area contributed by atoms with Gasteiger partial charge in [-0.3, -0.25) is 4.79 Å². The highest BCUT2D eigenvalue weighted by Gasteiger charge is 2.09. The van der Waals surface area contributed by atoms with E-state index in [0.717, 1.165) is 11.9 Å². The summed E-state index contributed by atoms with van der Waals surface area (Å²) in [6.45, 7) is 0.632. The summed E-state index contributed by atoms with van der Waals surface area (Å²) in [6.07, 6.45) is 2.69. The van der Waals surface area contributed by atoms with Crippen LogP contribution in [0.15, 0.2) is 48.0 Å². The topological polar surface area (TPSA) is 46.4 Å². The molecule has 0 saturated heterocycles. The Morgan fingerprint density at radius 1 is 1.32 bits per heavy atom. The molecule has 1 N–H and O–H groups in total. The summed E-state index contributed by atoms with van der Waals surface area (Å²) >= 11 is 1.70. The predicted molar refractivity (Wildman–Crippen MR) is 75.5 cm³/mol. The van der Waals surface area contributed by atoms with E-state index in [0.29, 0.717) is 12.2 Å². The van der Waals surface area contributed by atoms with E-state index in [4.69, 9.17) is 0 Å². The van der Waals surface area contributed by atoms with Gasteiger partial charge in [0.05, 0.1) is 5.52 Å². The summed E-state index contributed by atoms with van der Waals surface area (Å²) in [5.74, 6) is -0.125. The quantitative estimate of drug-likeness (QED) is 0.792. The van der Waals surface area contributed by atoms with Crippen molar-refractivity contribution in [1.29, 1.82) is 0 Å². The van der Waals surface area contributed by atoms with Crippen molar-refractivity contribution in [3.8, 4) is 0 Å². The van der Waals surface area contributed by atoms with Gasteiger partial charge in [-0.2, -0.15) is 5.10 Å². The van der Waals surface area contributed by atoms with Gasteiger partial charge in [0.15, 0.2) is 5.69 Å². The highest BCUT2D eigenvalue weighted by atomic mass is 32.1. The molecule has 4 nitrogen and oxygen atoms in total. The molecule has 3 aromatic heterocycles. The Bertz CT molecular complexity index is 655. The fraction of sp³-hybridized carbons (Fsp3) is 0.143. The van der Waals surface area contributed by atoms with Crippen molar-refractivity contribution in [2.24, 2.45) is 0 Å². The normalized spacial score (nSPS) is 10.7. The molecule has 5 heteroatoms. The first-order chi connectivity index (χ1) is 9.33. The molecule has 96 valence electrons. The van der Waals surface area contributed by atoms with Crippen molar-refractivity contribution in [2.75, 3.05) is 6.54 Å². The maximum atomic E-state index is 12.0. The number of nitrogens with zero attached hydrogens (tertiary/aromatic N) is 2. The largest absolute Gasteiger partial charge is 0.350 e. The smallest absolute Gasteiger partial charge is 0.271 e. The highest BCUT2D eigenvalue weighted by Crippen LogP contribution is 2.09. The van der Waals surface area contributed by atoms with Crippen molar-refractivity contribution in [3.05, 3.63) is 58.5 Å². The molecule has 0 spiro atoms. The average Bonchev–Trinajstić information content (AvgIpc) is 3.07. The molecule has 0 atom stereocenters. The second-order valence-electron chi connectivity index (χ2n) is 4.18. The summed E-state index contributed by atoms with van der Waals surface area (Å²) < 4.78 is 1.70. The lowest BCUT2D eigenvalue weighted by atomic mass is 10.3. The van der Waals surface area contributed by atoms with E-state index >= 15 is 0 Å². The number of nitrogens with one attached hydrogen (secondary N) is 1. The Balaban J connectivity index is 1.63. The summed E-state index contributed by atoms with van der Waals surface area (Å²) in [5.41, 5.74) is 1.38. The molecular formula is C14H13N3OS. The minimum atomic E-state index is -0.125. The van der Waals surface area contributed by atoms with Crippen LogP contribution in [0.4, 0.5) is 0 Å². The number of thiophene rings is 1. The number of rotatable bonds is 4. The molecule has 0 aromatic carbocycles. The van der Waals surface area contributed by atoms with Crippen LogP contribution in [0.25, 0.3) is 5.52 Å². The summed E-state index contributed by atoms with van der Waals surface area (Å²) in [5, 5.41) is 9.17. The Morgan fingerprint density at radius 3 is 3.05 bits per heavy atom. The zero-order valence-corrected chi connectivity index (χ0v) is 11.1. The van der Waals surface area contributed by atoms with E-state index in [1.165, 1.54) is 4.88 Å². The molecule has 0 aliphatic carbocycles. The maximum absolute atomic E-state index is 12.0. The van der Waals surface area contributed by atoms with Crippen molar-refractivity contribution in [1.82, 2.24) is 14.9 Å². The molecule has 19 heavy (non-hydrogen) atoms. The fourth-order valence-electron chi connectivity index (χ4n) is 1.89. The molecule has 0 bridgehead atoms. The first-order valence-electron chi connectivity index (χ1n) is 6.08. The second-order valence-corrected chi connectivity index (χ2v) is 5.22. The van der Waals surface area contributed by atoms with Crippen LogP contribution >= 0.6 is 11.3 Å². The number of aromatic nitrogens is 2. The molecule has 3 aromatic rings. The van der Waals surface area contributed by atoms with E-state index in [1.54, 1.807) is 21.9 Å². The number of fused-ring (bicyclic) bond motifs is 1. The summed E-state index contributed by atoms with van der Waals surface area (Å²) in [6, 6.07) is 11.6. The average molecular weight is 271 g/mol. The zero-order valence-electron chi connectivity index (χ0n) is 10.2. The Hall–Kier alpha value is -2.14. The minimum absolute atomic E-state index is 0.125. The molecule has 0 aliphatic heterocycles. The third kappa shape index (κ3) is 2.66. The van der Waals surface area contributed by atoms with Gasteiger partial charge in [0.25, 0.3) is 5.91 Å². The number of hydrogen-bond acceptors (Lipinski definition) is 3. The SMILES string of the molecule is O=C(NCCc1cccs1)c1cc2ccccn2n1. The number of pyridine rings is 1. The van der Waals surface area contributed by atoms with E-state index < -0.39 is 0 Å². The van der Waals surface area contributed by atoms with E-state index in [1.807, 2.05) is 35.8 Å². The van der Waals surface area contributed by atoms with Crippen molar-refractivity contribution >= 4 is 22.8 Å². The van der Waals surface area contributed by atoms with Crippen LogP contribution in [0, 0.1) is 0 Å². The van der Waals surface area contributed by atoms with Crippen molar-refractivity contribution in [3.63, 3.8) is 0 Å². The molecule has 3 heterocycles. The zero-order chi connectivity index (χ0) is 13.1. The van der Waals surface area contributed by atoms with Gasteiger partial charge in [-0.15, -0.1) is 11.3 Å². The van der Waals surface area contributed by atoms with Crippen LogP contribution in [0.2, 0.25) is 0 Å². The van der Waals surface area contributed by atoms with Gasteiger partial charge in [0.1, 0.15) is 0 Å². The van der Waals surface area contributed by atoms with Crippen LogP contribution in [0.5, 0.6) is 0 Å². The van der Waals surface area contributed by atoms with E-state index in [-0.39, 0.29) is 5.91 Å². The van der Waals surface area contributed by atoms with Gasteiger partial charge in [-0.1, -0.05) is 12.1 Å². The lowest BCUT2D eigenvalue weighted by Crippen LogP contribution is -2.25. The minimum Gasteiger partial charge on any atom is -0.350 e. The van der Waals surface area contributed by atoms with Crippen LogP contribution < -0.4 is 5.32 Å². The van der Waals surface area contributed by atoms with Crippen LogP contribution in [-0.2, 0) is 6.42 Å². The third-order valence-electron chi connectivity index (χ3n) is 2.84. The molecule has 0 unspecified atom stereocenters. The van der Waals surface area contributed by atoms with Crippen LogP contribution in [0.3, 0.4) is 0 Å². The first kappa shape index (κ1) is 11.9. The Morgan fingerprint density at radius 2 is 2.26 bits per heavy atom. The lowest BCUT2D eigenvalue weighted by Gasteiger charge is -2.00. The molecule has 0 aliphatic rings. The van der Waals surface area contributed by atoms with Crippen molar-refractivity contribution < 1.29 is 4.79 Å². The van der Waals surface area contributed by atoms with E-state index in [2.05, 4.69) is 16.5 Å². The number of carbonyl (C=O) groups is 1. The first-order valence-corrected chi connectivity index (χ1v) is 6.96. The van der Waals surface area contributed by atoms with Crippen LogP contribution in [-0.4, -0.2) is 22.1 Å². The van der Waals surface area contributed by atoms with Crippen molar-refractivity contribution in [2.45, 2.75) is 6.42 Å². The molecule has 3 rings (SSSR count). The van der Waals surface area contributed by atoms with Gasteiger partial charge in [-0.25, -0.2) is 4.52 Å². The Labute approximate surface area is 114 Å². The molecule has 1 amide bonds. The summed E-state index contributed by atoms with van der Waals surface area (Å²) in [7, 11) is 0. The molecule has 0 fully saturated rings. The number of amides is 1. The molecule has 0 saturated carbocycles. The third-order valence-corrected chi connectivity index (χ3v) is 3.78. The standard InChI is InChI=1S/C14H13N3OS/c18-14(15-7-6-12-5-3-9-19-12)13-10-11-4-1-2-8-17(11)16-13/h1-5,8-10H,6-7H2,(H,15,18). The molecular weight excluding hydrogens is 258 g/mol. The summed E-state index contributed by atoms with van der Waals surface area (Å²) in [4.78, 5) is 13.2. The number of carbonyl (C=O) groups excluding carboxylic acids is 1. The predicted octanol–water partition coefficient (Wildman–Crippen LogP) is 2.37. The van der Waals surface area contributed by atoms with Crippen LogP contribution in [0.1, 0.15) is 15.4 Å². The van der Waals surface area contributed by atoms with Gasteiger partial charge in [0.2, 0.25) is 0 Å². The highest BCUT2D eigenvalue weighted by molar-refractivity contribution is 7.09. The number of hydrogen-bond donors (Lipinski definition) is 1. The van der Waals surface area contributed by atoms with Gasteiger partial charge >= 0.3 is 0 Å². The Kier molecular flexibility index (Phi) is 3.29. The fourth-order valence-corrected chi connectivity index (χ4v) is 2.60. The lowest BCUT2D eigenvalue weighted by molar-refractivity contribution is 0.0949. The molecule has 0 radical (unpaired) electrons.